The third-order valence-electron chi connectivity index (χ3n) is 6.48. The monoisotopic (exact) mass is 453 g/mol. The van der Waals surface area contributed by atoms with Crippen LogP contribution in [-0.4, -0.2) is 42.7 Å². The van der Waals surface area contributed by atoms with Gasteiger partial charge in [0.15, 0.2) is 0 Å². The lowest BCUT2D eigenvalue weighted by molar-refractivity contribution is 0.231. The summed E-state index contributed by atoms with van der Waals surface area (Å²) in [6, 6.07) is 12.8. The number of ether oxygens (including phenoxy) is 1. The standard InChI is InChI=1S/C24H24FN3O3S/c1-24-14-17-15-26-28(20-5-3-19(25)4-6-20)23(17)13-18(24)11-12-27(16-24)32(29,30)22-9-7-21(31-2)8-10-22/h3-10,13,15H,11-12,14,16H2,1-2H3/t24-/m1/s1. The number of nitrogens with zero attached hydrogens (tertiary/aromatic N) is 3. The molecule has 5 rings (SSSR count). The fraction of sp³-hybridized carbons (Fsp3) is 0.292. The smallest absolute Gasteiger partial charge is 0.243 e. The Morgan fingerprint density at radius 1 is 1.09 bits per heavy atom. The van der Waals surface area contributed by atoms with Crippen LogP contribution in [0.3, 0.4) is 0 Å². The molecule has 166 valence electrons. The van der Waals surface area contributed by atoms with E-state index in [1.807, 2.05) is 10.9 Å². The van der Waals surface area contributed by atoms with Gasteiger partial charge in [-0.3, -0.25) is 0 Å². The molecule has 32 heavy (non-hydrogen) atoms. The van der Waals surface area contributed by atoms with Crippen LogP contribution in [0.2, 0.25) is 0 Å². The SMILES string of the molecule is COc1ccc(S(=O)(=O)N2CCC3=Cc4c(cnn4-c4ccc(F)cc4)C[C@]3(C)C2)cc1. The highest BCUT2D eigenvalue weighted by Crippen LogP contribution is 2.44. The Bertz CT molecular complexity index is 1300. The van der Waals surface area contributed by atoms with Crippen molar-refractivity contribution < 1.29 is 17.5 Å². The maximum Gasteiger partial charge on any atom is 0.243 e. The zero-order valence-electron chi connectivity index (χ0n) is 18.0. The van der Waals surface area contributed by atoms with Crippen molar-refractivity contribution in [3.8, 4) is 11.4 Å². The van der Waals surface area contributed by atoms with E-state index in [9.17, 15) is 12.8 Å². The Balaban J connectivity index is 1.44. The first-order valence-electron chi connectivity index (χ1n) is 10.5. The number of methoxy groups -OCH3 is 1. The van der Waals surface area contributed by atoms with Crippen LogP contribution < -0.4 is 4.74 Å². The minimum Gasteiger partial charge on any atom is -0.497 e. The third-order valence-corrected chi connectivity index (χ3v) is 8.34. The van der Waals surface area contributed by atoms with Gasteiger partial charge in [-0.25, -0.2) is 17.5 Å². The van der Waals surface area contributed by atoms with Crippen molar-refractivity contribution in [1.29, 1.82) is 0 Å². The van der Waals surface area contributed by atoms with Crippen LogP contribution in [-0.2, 0) is 16.4 Å². The van der Waals surface area contributed by atoms with E-state index in [1.165, 1.54) is 17.7 Å². The molecule has 2 aromatic carbocycles. The molecule has 1 atom stereocenters. The van der Waals surface area contributed by atoms with E-state index in [-0.39, 0.29) is 16.1 Å². The van der Waals surface area contributed by atoms with E-state index in [2.05, 4.69) is 18.1 Å². The van der Waals surface area contributed by atoms with Gasteiger partial charge >= 0.3 is 0 Å². The summed E-state index contributed by atoms with van der Waals surface area (Å²) in [5, 5.41) is 4.52. The van der Waals surface area contributed by atoms with Gasteiger partial charge in [0.25, 0.3) is 0 Å². The first kappa shape index (κ1) is 20.9. The van der Waals surface area contributed by atoms with Crippen LogP contribution in [0.4, 0.5) is 4.39 Å². The first-order chi connectivity index (χ1) is 15.3. The fourth-order valence-corrected chi connectivity index (χ4v) is 6.25. The molecular formula is C24H24FN3O3S. The zero-order chi connectivity index (χ0) is 22.5. The van der Waals surface area contributed by atoms with Gasteiger partial charge in [-0.1, -0.05) is 12.5 Å². The second kappa shape index (κ2) is 7.56. The van der Waals surface area contributed by atoms with Crippen LogP contribution in [0.25, 0.3) is 11.8 Å². The quantitative estimate of drug-likeness (QED) is 0.598. The van der Waals surface area contributed by atoms with Crippen molar-refractivity contribution >= 4 is 16.1 Å². The molecule has 3 aromatic rings. The summed E-state index contributed by atoms with van der Waals surface area (Å²) in [6.07, 6.45) is 5.31. The second-order valence-electron chi connectivity index (χ2n) is 8.61. The lowest BCUT2D eigenvalue weighted by atomic mass is 9.70. The van der Waals surface area contributed by atoms with Gasteiger partial charge in [0.2, 0.25) is 10.0 Å². The number of sulfonamides is 1. The topological polar surface area (TPSA) is 64.4 Å². The Hall–Kier alpha value is -2.97. The summed E-state index contributed by atoms with van der Waals surface area (Å²) in [6.45, 7) is 2.96. The van der Waals surface area contributed by atoms with Crippen LogP contribution in [0, 0.1) is 11.2 Å². The van der Waals surface area contributed by atoms with Crippen molar-refractivity contribution in [3.05, 3.63) is 77.4 Å². The van der Waals surface area contributed by atoms with E-state index >= 15 is 0 Å². The second-order valence-corrected chi connectivity index (χ2v) is 10.6. The molecule has 1 aromatic heterocycles. The molecule has 8 heteroatoms. The lowest BCUT2D eigenvalue weighted by Gasteiger charge is -2.43. The molecule has 2 aliphatic rings. The number of halogens is 1. The van der Waals surface area contributed by atoms with Crippen LogP contribution in [0.15, 0.2) is 65.2 Å². The molecule has 0 saturated carbocycles. The molecule has 0 amide bonds. The fourth-order valence-electron chi connectivity index (χ4n) is 4.69. The normalized spacial score (nSPS) is 20.9. The summed E-state index contributed by atoms with van der Waals surface area (Å²) >= 11 is 0. The van der Waals surface area contributed by atoms with E-state index in [0.717, 1.165) is 16.9 Å². The third kappa shape index (κ3) is 3.43. The molecule has 1 fully saturated rings. The van der Waals surface area contributed by atoms with Gasteiger partial charge in [-0.15, -0.1) is 0 Å². The minimum atomic E-state index is -3.60. The van der Waals surface area contributed by atoms with Gasteiger partial charge in [0.1, 0.15) is 11.6 Å². The number of benzene rings is 2. The Labute approximate surface area is 187 Å². The number of hydrogen-bond donors (Lipinski definition) is 0. The molecule has 6 nitrogen and oxygen atoms in total. The number of hydrogen-bond acceptors (Lipinski definition) is 4. The Kier molecular flexibility index (Phi) is 4.94. The van der Waals surface area contributed by atoms with Gasteiger partial charge in [0, 0.05) is 18.5 Å². The van der Waals surface area contributed by atoms with Crippen LogP contribution in [0.1, 0.15) is 24.6 Å². The highest BCUT2D eigenvalue weighted by molar-refractivity contribution is 7.89. The van der Waals surface area contributed by atoms with E-state index < -0.39 is 10.0 Å². The molecule has 1 aliphatic heterocycles. The van der Waals surface area contributed by atoms with Crippen LogP contribution in [0.5, 0.6) is 5.75 Å². The molecular weight excluding hydrogens is 429 g/mol. The predicted octanol–water partition coefficient (Wildman–Crippen LogP) is 4.06. The highest BCUT2D eigenvalue weighted by Gasteiger charge is 2.42. The minimum absolute atomic E-state index is 0.273. The van der Waals surface area contributed by atoms with E-state index in [4.69, 9.17) is 4.74 Å². The molecule has 0 unspecified atom stereocenters. The number of aromatic nitrogens is 2. The van der Waals surface area contributed by atoms with Crippen molar-refractivity contribution in [3.63, 3.8) is 0 Å². The molecule has 0 N–H and O–H groups in total. The highest BCUT2D eigenvalue weighted by atomic mass is 32.2. The molecule has 1 saturated heterocycles. The summed E-state index contributed by atoms with van der Waals surface area (Å²) < 4.78 is 48.5. The van der Waals surface area contributed by atoms with Crippen molar-refractivity contribution in [2.24, 2.45) is 5.41 Å². The summed E-state index contributed by atoms with van der Waals surface area (Å²) in [7, 11) is -2.05. The van der Waals surface area contributed by atoms with Crippen molar-refractivity contribution in [2.45, 2.75) is 24.7 Å². The van der Waals surface area contributed by atoms with Crippen molar-refractivity contribution in [2.75, 3.05) is 20.2 Å². The molecule has 0 bridgehead atoms. The number of piperidine rings is 1. The molecule has 2 heterocycles. The lowest BCUT2D eigenvalue weighted by Crippen LogP contribution is -2.47. The first-order valence-corrected chi connectivity index (χ1v) is 11.9. The summed E-state index contributed by atoms with van der Waals surface area (Å²) in [5.41, 5.74) is 3.75. The van der Waals surface area contributed by atoms with E-state index in [1.54, 1.807) is 47.8 Å². The average Bonchev–Trinajstić information content (AvgIpc) is 3.19. The maximum absolute atomic E-state index is 13.3. The maximum atomic E-state index is 13.3. The van der Waals surface area contributed by atoms with Gasteiger partial charge in [-0.2, -0.15) is 9.40 Å². The largest absolute Gasteiger partial charge is 0.497 e. The van der Waals surface area contributed by atoms with Crippen molar-refractivity contribution in [1.82, 2.24) is 14.1 Å². The Morgan fingerprint density at radius 2 is 1.81 bits per heavy atom. The number of fused-ring (bicyclic) bond motifs is 2. The van der Waals surface area contributed by atoms with Gasteiger partial charge < -0.3 is 4.74 Å². The summed E-state index contributed by atoms with van der Waals surface area (Å²) in [4.78, 5) is 0.273. The summed E-state index contributed by atoms with van der Waals surface area (Å²) in [5.74, 6) is 0.337. The van der Waals surface area contributed by atoms with Crippen LogP contribution >= 0.6 is 0 Å². The zero-order valence-corrected chi connectivity index (χ0v) is 18.8. The molecule has 1 aliphatic carbocycles. The van der Waals surface area contributed by atoms with E-state index in [0.29, 0.717) is 31.7 Å². The molecule has 0 radical (unpaired) electrons. The average molecular weight is 454 g/mol. The Morgan fingerprint density at radius 3 is 2.50 bits per heavy atom. The van der Waals surface area contributed by atoms with Gasteiger partial charge in [0.05, 0.1) is 29.6 Å². The molecule has 0 spiro atoms. The van der Waals surface area contributed by atoms with Gasteiger partial charge in [-0.05, 0) is 73.0 Å². The predicted molar refractivity (Wildman–Crippen MR) is 120 cm³/mol. The number of rotatable bonds is 4.